The number of thioether (sulfide) groups is 1. The highest BCUT2D eigenvalue weighted by atomic mass is 32.2. The van der Waals surface area contributed by atoms with E-state index in [0.717, 1.165) is 4.90 Å². The van der Waals surface area contributed by atoms with E-state index in [1.165, 1.54) is 18.9 Å². The van der Waals surface area contributed by atoms with Crippen LogP contribution >= 0.6 is 11.8 Å². The summed E-state index contributed by atoms with van der Waals surface area (Å²) in [6.07, 6.45) is 0.957. The Labute approximate surface area is 125 Å². The van der Waals surface area contributed by atoms with Crippen LogP contribution in [-0.4, -0.2) is 24.6 Å². The number of hydrogen-bond acceptors (Lipinski definition) is 4. The lowest BCUT2D eigenvalue weighted by molar-refractivity contribution is -0.147. The second kappa shape index (κ2) is 8.80. The van der Waals surface area contributed by atoms with E-state index in [2.05, 4.69) is 0 Å². The molecule has 1 rings (SSSR count). The van der Waals surface area contributed by atoms with Crippen molar-refractivity contribution in [3.8, 4) is 0 Å². The van der Waals surface area contributed by atoms with Crippen LogP contribution in [0.15, 0.2) is 35.2 Å². The van der Waals surface area contributed by atoms with Gasteiger partial charge in [-0.3, -0.25) is 9.59 Å². The Kier molecular flexibility index (Phi) is 7.37. The second-order valence-electron chi connectivity index (χ2n) is 5.19. The highest BCUT2D eigenvalue weighted by Crippen LogP contribution is 2.21. The molecule has 0 bridgehead atoms. The molecule has 0 heterocycles. The largest absolute Gasteiger partial charge is 0.469 e. The number of methoxy groups -OCH3 is 1. The SMILES string of the molecule is COC(=O)[C@H](CC(=O)CSc1ccccc1)CC(C)C. The molecule has 0 aliphatic heterocycles. The molecular formula is C16H22O3S. The van der Waals surface area contributed by atoms with Gasteiger partial charge in [-0.1, -0.05) is 32.0 Å². The van der Waals surface area contributed by atoms with Crippen molar-refractivity contribution in [2.45, 2.75) is 31.6 Å². The summed E-state index contributed by atoms with van der Waals surface area (Å²) in [6, 6.07) is 9.79. The first-order valence-electron chi connectivity index (χ1n) is 6.80. The maximum Gasteiger partial charge on any atom is 0.309 e. The molecule has 0 radical (unpaired) electrons. The van der Waals surface area contributed by atoms with Crippen LogP contribution in [0.5, 0.6) is 0 Å². The molecular weight excluding hydrogens is 272 g/mol. The van der Waals surface area contributed by atoms with Gasteiger partial charge in [0.2, 0.25) is 0 Å². The van der Waals surface area contributed by atoms with Crippen molar-refractivity contribution in [1.29, 1.82) is 0 Å². The van der Waals surface area contributed by atoms with Crippen LogP contribution in [0.2, 0.25) is 0 Å². The van der Waals surface area contributed by atoms with E-state index in [9.17, 15) is 9.59 Å². The molecule has 0 aliphatic carbocycles. The lowest BCUT2D eigenvalue weighted by atomic mass is 9.93. The van der Waals surface area contributed by atoms with E-state index in [1.807, 2.05) is 44.2 Å². The summed E-state index contributed by atoms with van der Waals surface area (Å²) in [6.45, 7) is 4.08. The first-order chi connectivity index (χ1) is 9.52. The maximum atomic E-state index is 12.0. The fourth-order valence-electron chi connectivity index (χ4n) is 2.01. The van der Waals surface area contributed by atoms with Crippen LogP contribution in [0, 0.1) is 11.8 Å². The molecule has 1 atom stereocenters. The van der Waals surface area contributed by atoms with E-state index in [4.69, 9.17) is 4.74 Å². The molecule has 3 nitrogen and oxygen atoms in total. The smallest absolute Gasteiger partial charge is 0.309 e. The van der Waals surface area contributed by atoms with Crippen LogP contribution < -0.4 is 0 Å². The van der Waals surface area contributed by atoms with Gasteiger partial charge in [-0.05, 0) is 24.5 Å². The Hall–Kier alpha value is -1.29. The number of ether oxygens (including phenoxy) is 1. The zero-order valence-corrected chi connectivity index (χ0v) is 13.1. The molecule has 0 unspecified atom stereocenters. The van der Waals surface area contributed by atoms with Gasteiger partial charge in [0, 0.05) is 11.3 Å². The lowest BCUT2D eigenvalue weighted by Crippen LogP contribution is -2.22. The number of rotatable bonds is 8. The molecule has 1 aromatic carbocycles. The molecule has 20 heavy (non-hydrogen) atoms. The van der Waals surface area contributed by atoms with Crippen molar-refractivity contribution in [2.24, 2.45) is 11.8 Å². The van der Waals surface area contributed by atoms with Gasteiger partial charge in [0.05, 0.1) is 18.8 Å². The molecule has 0 spiro atoms. The van der Waals surface area contributed by atoms with Crippen LogP contribution in [0.4, 0.5) is 0 Å². The number of hydrogen-bond donors (Lipinski definition) is 0. The highest BCUT2D eigenvalue weighted by Gasteiger charge is 2.23. The monoisotopic (exact) mass is 294 g/mol. The van der Waals surface area contributed by atoms with Crippen LogP contribution in [0.3, 0.4) is 0 Å². The van der Waals surface area contributed by atoms with E-state index < -0.39 is 0 Å². The Morgan fingerprint density at radius 1 is 1.20 bits per heavy atom. The zero-order chi connectivity index (χ0) is 15.0. The van der Waals surface area contributed by atoms with E-state index in [-0.39, 0.29) is 24.1 Å². The molecule has 1 aromatic rings. The van der Waals surface area contributed by atoms with Crippen molar-refractivity contribution in [1.82, 2.24) is 0 Å². The minimum atomic E-state index is -0.316. The van der Waals surface area contributed by atoms with Crippen molar-refractivity contribution >= 4 is 23.5 Å². The average Bonchev–Trinajstić information content (AvgIpc) is 2.44. The van der Waals surface area contributed by atoms with Crippen molar-refractivity contribution in [3.63, 3.8) is 0 Å². The Balaban J connectivity index is 2.47. The highest BCUT2D eigenvalue weighted by molar-refractivity contribution is 8.00. The van der Waals surface area contributed by atoms with Gasteiger partial charge >= 0.3 is 5.97 Å². The van der Waals surface area contributed by atoms with Crippen LogP contribution in [-0.2, 0) is 14.3 Å². The minimum absolute atomic E-state index is 0.0925. The Morgan fingerprint density at radius 2 is 1.85 bits per heavy atom. The second-order valence-corrected chi connectivity index (χ2v) is 6.24. The lowest BCUT2D eigenvalue weighted by Gasteiger charge is -2.15. The van der Waals surface area contributed by atoms with Gasteiger partial charge in [-0.15, -0.1) is 11.8 Å². The molecule has 0 aromatic heterocycles. The van der Waals surface area contributed by atoms with Gasteiger partial charge in [0.1, 0.15) is 5.78 Å². The summed E-state index contributed by atoms with van der Waals surface area (Å²) < 4.78 is 4.78. The first kappa shape index (κ1) is 16.8. The molecule has 0 N–H and O–H groups in total. The standard InChI is InChI=1S/C16H22O3S/c1-12(2)9-13(16(18)19-3)10-14(17)11-20-15-7-5-4-6-8-15/h4-8,12-13H,9-11H2,1-3H3/t13-/m0/s1. The van der Waals surface area contributed by atoms with Gasteiger partial charge in [-0.2, -0.15) is 0 Å². The molecule has 110 valence electrons. The first-order valence-corrected chi connectivity index (χ1v) is 7.78. The molecule has 0 amide bonds. The average molecular weight is 294 g/mol. The van der Waals surface area contributed by atoms with E-state index in [1.54, 1.807) is 0 Å². The fourth-order valence-corrected chi connectivity index (χ4v) is 2.81. The quantitative estimate of drug-likeness (QED) is 0.543. The molecule has 0 aliphatic rings. The third-order valence-corrected chi connectivity index (χ3v) is 3.98. The predicted octanol–water partition coefficient (Wildman–Crippen LogP) is 3.57. The van der Waals surface area contributed by atoms with Crippen molar-refractivity contribution < 1.29 is 14.3 Å². The van der Waals surface area contributed by atoms with Gasteiger partial charge < -0.3 is 4.74 Å². The van der Waals surface area contributed by atoms with Gasteiger partial charge in [-0.25, -0.2) is 0 Å². The Morgan fingerprint density at radius 3 is 2.40 bits per heavy atom. The summed E-state index contributed by atoms with van der Waals surface area (Å²) in [7, 11) is 1.37. The fraction of sp³-hybridized carbons (Fsp3) is 0.500. The third-order valence-electron chi connectivity index (χ3n) is 2.91. The molecule has 0 saturated carbocycles. The van der Waals surface area contributed by atoms with Crippen molar-refractivity contribution in [2.75, 3.05) is 12.9 Å². The third kappa shape index (κ3) is 6.24. The summed E-state index contributed by atoms with van der Waals surface area (Å²) in [5.74, 6) is 0.263. The van der Waals surface area contributed by atoms with Crippen LogP contribution in [0.25, 0.3) is 0 Å². The zero-order valence-electron chi connectivity index (χ0n) is 12.3. The number of carbonyl (C=O) groups is 2. The topological polar surface area (TPSA) is 43.4 Å². The number of benzene rings is 1. The summed E-state index contributed by atoms with van der Waals surface area (Å²) in [4.78, 5) is 24.7. The predicted molar refractivity (Wildman–Crippen MR) is 81.8 cm³/mol. The summed E-state index contributed by atoms with van der Waals surface area (Å²) >= 11 is 1.51. The van der Waals surface area contributed by atoms with Crippen molar-refractivity contribution in [3.05, 3.63) is 30.3 Å². The number of esters is 1. The number of Topliss-reactive ketones (excluding diaryl/α,β-unsaturated/α-hetero) is 1. The summed E-state index contributed by atoms with van der Waals surface area (Å²) in [5, 5.41) is 0. The number of carbonyl (C=O) groups excluding carboxylic acids is 2. The molecule has 0 saturated heterocycles. The maximum absolute atomic E-state index is 12.0. The van der Waals surface area contributed by atoms with E-state index >= 15 is 0 Å². The normalized spacial score (nSPS) is 12.2. The van der Waals surface area contributed by atoms with E-state index in [0.29, 0.717) is 18.1 Å². The Bertz CT molecular complexity index is 429. The summed E-state index contributed by atoms with van der Waals surface area (Å²) in [5.41, 5.74) is 0. The van der Waals surface area contributed by atoms with Crippen LogP contribution in [0.1, 0.15) is 26.7 Å². The van der Waals surface area contributed by atoms with Gasteiger partial charge in [0.25, 0.3) is 0 Å². The number of ketones is 1. The minimum Gasteiger partial charge on any atom is -0.469 e. The van der Waals surface area contributed by atoms with Gasteiger partial charge in [0.15, 0.2) is 0 Å². The molecule has 4 heteroatoms. The molecule has 0 fully saturated rings.